The molecule has 1 saturated carbocycles. The van der Waals surface area contributed by atoms with Gasteiger partial charge in [-0.1, -0.05) is 30.3 Å². The Hall–Kier alpha value is -4.15. The van der Waals surface area contributed by atoms with Gasteiger partial charge < -0.3 is 29.7 Å². The number of benzene rings is 1. The molecule has 40 heavy (non-hydrogen) atoms. The maximum absolute atomic E-state index is 13.5. The molecule has 0 unspecified atom stereocenters. The van der Waals surface area contributed by atoms with Gasteiger partial charge in [-0.3, -0.25) is 14.4 Å². The molecule has 214 valence electrons. The molecule has 1 atom stereocenters. The van der Waals surface area contributed by atoms with Crippen molar-refractivity contribution in [2.24, 2.45) is 0 Å². The average Bonchev–Trinajstić information content (AvgIpc) is 3.48. The van der Waals surface area contributed by atoms with Crippen LogP contribution in [0.15, 0.2) is 42.5 Å². The normalized spacial score (nSPS) is 16.3. The minimum Gasteiger partial charge on any atom is -0.490 e. The van der Waals surface area contributed by atoms with Gasteiger partial charge in [-0.25, -0.2) is 9.78 Å². The van der Waals surface area contributed by atoms with Gasteiger partial charge in [0.05, 0.1) is 18.4 Å². The van der Waals surface area contributed by atoms with Crippen molar-refractivity contribution in [3.8, 4) is 17.0 Å². The molecule has 1 aromatic heterocycles. The maximum Gasteiger partial charge on any atom is 0.409 e. The summed E-state index contributed by atoms with van der Waals surface area (Å²) in [5.74, 6) is -1.55. The molecule has 11 heteroatoms. The van der Waals surface area contributed by atoms with Crippen LogP contribution < -0.4 is 10.1 Å². The van der Waals surface area contributed by atoms with Crippen molar-refractivity contribution in [3.63, 3.8) is 0 Å². The van der Waals surface area contributed by atoms with Gasteiger partial charge in [0.25, 0.3) is 5.91 Å². The van der Waals surface area contributed by atoms with E-state index in [1.807, 2.05) is 30.3 Å². The minimum absolute atomic E-state index is 0.0695. The van der Waals surface area contributed by atoms with Gasteiger partial charge in [-0.15, -0.1) is 0 Å². The van der Waals surface area contributed by atoms with Crippen LogP contribution in [-0.2, 0) is 14.3 Å². The second-order valence-electron chi connectivity index (χ2n) is 9.93. The molecule has 0 radical (unpaired) electrons. The van der Waals surface area contributed by atoms with Crippen molar-refractivity contribution >= 4 is 23.9 Å². The van der Waals surface area contributed by atoms with Crippen LogP contribution in [0.3, 0.4) is 0 Å². The number of rotatable bonds is 10. The van der Waals surface area contributed by atoms with Crippen molar-refractivity contribution in [2.45, 2.75) is 57.6 Å². The van der Waals surface area contributed by atoms with E-state index in [0.717, 1.165) is 31.2 Å². The molecule has 4 rings (SSSR count). The largest absolute Gasteiger partial charge is 0.490 e. The number of piperazine rings is 1. The first-order chi connectivity index (χ1) is 19.3. The van der Waals surface area contributed by atoms with E-state index >= 15 is 0 Å². The molecule has 2 N–H and O–H groups in total. The summed E-state index contributed by atoms with van der Waals surface area (Å²) in [6, 6.07) is 11.7. The lowest BCUT2D eigenvalue weighted by Gasteiger charge is -2.35. The molecule has 11 nitrogen and oxygen atoms in total. The van der Waals surface area contributed by atoms with E-state index in [1.54, 1.807) is 19.1 Å². The summed E-state index contributed by atoms with van der Waals surface area (Å²) < 4.78 is 11.2. The van der Waals surface area contributed by atoms with Gasteiger partial charge in [-0.05, 0) is 39.0 Å². The molecule has 2 heterocycles. The van der Waals surface area contributed by atoms with Crippen LogP contribution >= 0.6 is 0 Å². The first-order valence-electron chi connectivity index (χ1n) is 13.8. The van der Waals surface area contributed by atoms with Crippen LogP contribution in [0.5, 0.6) is 5.75 Å². The highest BCUT2D eigenvalue weighted by atomic mass is 16.6. The highest BCUT2D eigenvalue weighted by molar-refractivity contribution is 5.97. The summed E-state index contributed by atoms with van der Waals surface area (Å²) in [5.41, 5.74) is 1.45. The number of amides is 3. The SMILES string of the molecule is CCOC(=O)N1CCN(C(=O)[C@H](CCC(=O)O)NC(=O)c2cc(OC3CCCC3)cc(-c3ccccc3)n2)CC1. The van der Waals surface area contributed by atoms with Crippen molar-refractivity contribution in [1.82, 2.24) is 20.1 Å². The van der Waals surface area contributed by atoms with Crippen LogP contribution in [0.4, 0.5) is 4.79 Å². The predicted molar refractivity (Wildman–Crippen MR) is 146 cm³/mol. The van der Waals surface area contributed by atoms with Crippen LogP contribution in [0.25, 0.3) is 11.3 Å². The number of aliphatic carboxylic acids is 1. The third-order valence-corrected chi connectivity index (χ3v) is 7.07. The van der Waals surface area contributed by atoms with E-state index in [-0.39, 0.29) is 57.4 Å². The van der Waals surface area contributed by atoms with Gasteiger partial charge in [0.2, 0.25) is 5.91 Å². The molecule has 2 fully saturated rings. The summed E-state index contributed by atoms with van der Waals surface area (Å²) >= 11 is 0. The van der Waals surface area contributed by atoms with Gasteiger partial charge in [0.15, 0.2) is 0 Å². The molecule has 1 aliphatic heterocycles. The van der Waals surface area contributed by atoms with Gasteiger partial charge >= 0.3 is 12.1 Å². The van der Waals surface area contributed by atoms with Crippen molar-refractivity contribution < 1.29 is 33.8 Å². The fourth-order valence-corrected chi connectivity index (χ4v) is 4.95. The van der Waals surface area contributed by atoms with E-state index in [1.165, 1.54) is 9.80 Å². The third kappa shape index (κ3) is 7.71. The van der Waals surface area contributed by atoms with Crippen LogP contribution in [-0.4, -0.2) is 88.7 Å². The lowest BCUT2D eigenvalue weighted by molar-refractivity contribution is -0.138. The summed E-state index contributed by atoms with van der Waals surface area (Å²) in [4.78, 5) is 57.8. The monoisotopic (exact) mass is 552 g/mol. The number of ether oxygens (including phenoxy) is 2. The Balaban J connectivity index is 1.52. The number of hydrogen-bond donors (Lipinski definition) is 2. The molecule has 0 bridgehead atoms. The molecule has 1 saturated heterocycles. The maximum atomic E-state index is 13.5. The highest BCUT2D eigenvalue weighted by Crippen LogP contribution is 2.28. The zero-order chi connectivity index (χ0) is 28.5. The molecule has 1 aliphatic carbocycles. The van der Waals surface area contributed by atoms with Crippen molar-refractivity contribution in [1.29, 1.82) is 0 Å². The Morgan fingerprint density at radius 1 is 1.02 bits per heavy atom. The minimum atomic E-state index is -1.07. The molecular weight excluding hydrogens is 516 g/mol. The van der Waals surface area contributed by atoms with Gasteiger partial charge in [0, 0.05) is 50.3 Å². The fraction of sp³-hybridized carbons (Fsp3) is 0.483. The second kappa shape index (κ2) is 13.8. The lowest BCUT2D eigenvalue weighted by Crippen LogP contribution is -2.56. The molecular formula is C29H36N4O7. The first kappa shape index (κ1) is 28.8. The summed E-state index contributed by atoms with van der Waals surface area (Å²) in [5, 5.41) is 12.0. The Morgan fingerprint density at radius 3 is 2.35 bits per heavy atom. The highest BCUT2D eigenvalue weighted by Gasteiger charge is 2.31. The van der Waals surface area contributed by atoms with Crippen molar-refractivity contribution in [3.05, 3.63) is 48.2 Å². The average molecular weight is 553 g/mol. The molecule has 0 spiro atoms. The number of nitrogens with zero attached hydrogens (tertiary/aromatic N) is 3. The summed E-state index contributed by atoms with van der Waals surface area (Å²) in [6.45, 7) is 3.05. The van der Waals surface area contributed by atoms with Gasteiger partial charge in [0.1, 0.15) is 17.5 Å². The van der Waals surface area contributed by atoms with E-state index in [2.05, 4.69) is 10.3 Å². The Labute approximate surface area is 233 Å². The number of pyridine rings is 1. The number of carbonyl (C=O) groups excluding carboxylic acids is 3. The zero-order valence-electron chi connectivity index (χ0n) is 22.7. The lowest BCUT2D eigenvalue weighted by atomic mass is 10.1. The van der Waals surface area contributed by atoms with Crippen LogP contribution in [0.1, 0.15) is 55.9 Å². The summed E-state index contributed by atoms with van der Waals surface area (Å²) in [7, 11) is 0. The fourth-order valence-electron chi connectivity index (χ4n) is 4.95. The molecule has 2 aromatic rings. The third-order valence-electron chi connectivity index (χ3n) is 7.07. The number of nitrogens with one attached hydrogen (secondary N) is 1. The predicted octanol–water partition coefficient (Wildman–Crippen LogP) is 3.33. The van der Waals surface area contributed by atoms with E-state index in [0.29, 0.717) is 11.4 Å². The van der Waals surface area contributed by atoms with Gasteiger partial charge in [-0.2, -0.15) is 0 Å². The van der Waals surface area contributed by atoms with E-state index in [4.69, 9.17) is 9.47 Å². The second-order valence-corrected chi connectivity index (χ2v) is 9.93. The summed E-state index contributed by atoms with van der Waals surface area (Å²) in [6.07, 6.45) is 3.32. The molecule has 1 aromatic carbocycles. The zero-order valence-corrected chi connectivity index (χ0v) is 22.7. The number of hydrogen-bond acceptors (Lipinski definition) is 7. The van der Waals surface area contributed by atoms with Crippen molar-refractivity contribution in [2.75, 3.05) is 32.8 Å². The Morgan fingerprint density at radius 2 is 1.70 bits per heavy atom. The number of carboxylic acid groups (broad SMARTS) is 1. The van der Waals surface area contributed by atoms with E-state index in [9.17, 15) is 24.3 Å². The molecule has 2 aliphatic rings. The number of carbonyl (C=O) groups is 4. The molecule has 3 amide bonds. The number of carboxylic acids is 1. The Kier molecular flexibility index (Phi) is 9.93. The Bertz CT molecular complexity index is 1190. The van der Waals surface area contributed by atoms with E-state index < -0.39 is 29.9 Å². The van der Waals surface area contributed by atoms with Crippen LogP contribution in [0, 0.1) is 0 Å². The van der Waals surface area contributed by atoms with Crippen LogP contribution in [0.2, 0.25) is 0 Å². The quantitative estimate of drug-likeness (QED) is 0.458. The number of aromatic nitrogens is 1. The first-order valence-corrected chi connectivity index (χ1v) is 13.8. The topological polar surface area (TPSA) is 138 Å². The smallest absolute Gasteiger partial charge is 0.409 e. The standard InChI is InChI=1S/C29H36N4O7/c1-2-39-29(38)33-16-14-32(15-17-33)28(37)23(12-13-26(34)35)31-27(36)25-19-22(40-21-10-6-7-11-21)18-24(30-25)20-8-4-3-5-9-20/h3-5,8-9,18-19,21,23H,2,6-7,10-17H2,1H3,(H,31,36)(H,34,35)/t23-/m0/s1.